The van der Waals surface area contributed by atoms with Crippen LogP contribution in [0.1, 0.15) is 17.0 Å². The predicted octanol–water partition coefficient (Wildman–Crippen LogP) is 3.93. The van der Waals surface area contributed by atoms with Crippen molar-refractivity contribution in [3.8, 4) is 0 Å². The van der Waals surface area contributed by atoms with Gasteiger partial charge in [0, 0.05) is 11.6 Å². The van der Waals surface area contributed by atoms with E-state index in [9.17, 15) is 0 Å². The van der Waals surface area contributed by atoms with Gasteiger partial charge >= 0.3 is 0 Å². The lowest BCUT2D eigenvalue weighted by atomic mass is 9.89. The quantitative estimate of drug-likeness (QED) is 0.892. The van der Waals surface area contributed by atoms with Crippen LogP contribution in [0.4, 0.5) is 5.69 Å². The monoisotopic (exact) mass is 251 g/mol. The van der Waals surface area contributed by atoms with Crippen molar-refractivity contribution in [2.45, 2.75) is 12.3 Å². The summed E-state index contributed by atoms with van der Waals surface area (Å²) in [6.07, 6.45) is 3.15. The molecule has 2 aromatic carbocycles. The molecule has 1 aliphatic rings. The Kier molecular flexibility index (Phi) is 3.23. The molecule has 19 heavy (non-hydrogen) atoms. The van der Waals surface area contributed by atoms with E-state index in [0.717, 1.165) is 18.0 Å². The average molecular weight is 251 g/mol. The van der Waals surface area contributed by atoms with E-state index in [0.29, 0.717) is 5.92 Å². The van der Waals surface area contributed by atoms with Crippen molar-refractivity contribution in [1.29, 1.82) is 0 Å². The van der Waals surface area contributed by atoms with Gasteiger partial charge in [-0.25, -0.2) is 0 Å². The van der Waals surface area contributed by atoms with E-state index in [1.807, 2.05) is 6.07 Å². The first-order valence-electron chi connectivity index (χ1n) is 6.52. The van der Waals surface area contributed by atoms with Gasteiger partial charge in [-0.3, -0.25) is 0 Å². The van der Waals surface area contributed by atoms with Gasteiger partial charge in [0.05, 0.1) is 7.11 Å². The lowest BCUT2D eigenvalue weighted by Gasteiger charge is -2.25. The molecule has 0 saturated heterocycles. The summed E-state index contributed by atoms with van der Waals surface area (Å²) in [6, 6.07) is 19.0. The molecule has 1 atom stereocenters. The minimum absolute atomic E-state index is 0.356. The van der Waals surface area contributed by atoms with Crippen molar-refractivity contribution < 1.29 is 4.74 Å². The molecule has 0 aromatic heterocycles. The molecule has 0 fully saturated rings. The van der Waals surface area contributed by atoms with Crippen molar-refractivity contribution >= 4 is 5.69 Å². The summed E-state index contributed by atoms with van der Waals surface area (Å²) in [5.74, 6) is 1.19. The van der Waals surface area contributed by atoms with Gasteiger partial charge in [0.1, 0.15) is 0 Å². The number of rotatable bonds is 3. The molecule has 1 heterocycles. The van der Waals surface area contributed by atoms with Gasteiger partial charge in [-0.15, -0.1) is 0 Å². The average Bonchev–Trinajstić information content (AvgIpc) is 2.48. The molecule has 2 aromatic rings. The normalized spacial score (nSPS) is 17.1. The van der Waals surface area contributed by atoms with Gasteiger partial charge < -0.3 is 10.1 Å². The minimum Gasteiger partial charge on any atom is -0.482 e. The number of hydrogen-bond donors (Lipinski definition) is 1. The molecular formula is C17H17NO. The molecular weight excluding hydrogens is 234 g/mol. The molecule has 0 saturated carbocycles. The van der Waals surface area contributed by atoms with Gasteiger partial charge in [-0.05, 0) is 29.7 Å². The van der Waals surface area contributed by atoms with Crippen LogP contribution < -0.4 is 5.32 Å². The molecule has 0 radical (unpaired) electrons. The number of methoxy groups -OCH3 is 1. The van der Waals surface area contributed by atoms with Crippen LogP contribution in [-0.4, -0.2) is 7.11 Å². The van der Waals surface area contributed by atoms with E-state index < -0.39 is 0 Å². The fourth-order valence-corrected chi connectivity index (χ4v) is 2.54. The van der Waals surface area contributed by atoms with Crippen molar-refractivity contribution in [2.75, 3.05) is 12.4 Å². The van der Waals surface area contributed by atoms with Gasteiger partial charge in [-0.2, -0.15) is 0 Å². The second-order valence-corrected chi connectivity index (χ2v) is 4.74. The molecule has 0 spiro atoms. The second-order valence-electron chi connectivity index (χ2n) is 4.74. The lowest BCUT2D eigenvalue weighted by molar-refractivity contribution is 0.293. The van der Waals surface area contributed by atoms with Crippen LogP contribution in [0.25, 0.3) is 0 Å². The second kappa shape index (κ2) is 5.19. The Labute approximate surface area is 113 Å². The Hall–Kier alpha value is -2.22. The highest BCUT2D eigenvalue weighted by Crippen LogP contribution is 2.34. The zero-order valence-electron chi connectivity index (χ0n) is 11.0. The van der Waals surface area contributed by atoms with E-state index >= 15 is 0 Å². The molecule has 96 valence electrons. The molecule has 1 N–H and O–H groups in total. The first-order chi connectivity index (χ1) is 9.36. The number of nitrogens with one attached hydrogen (secondary N) is 1. The van der Waals surface area contributed by atoms with E-state index in [1.54, 1.807) is 7.11 Å². The number of benzene rings is 2. The maximum atomic E-state index is 5.37. The molecule has 3 rings (SSSR count). The summed E-state index contributed by atoms with van der Waals surface area (Å²) in [7, 11) is 1.70. The summed E-state index contributed by atoms with van der Waals surface area (Å²) in [4.78, 5) is 0. The maximum Gasteiger partial charge on any atom is 0.187 e. The zero-order chi connectivity index (χ0) is 13.1. The molecule has 0 aliphatic carbocycles. The number of hydrogen-bond acceptors (Lipinski definition) is 2. The van der Waals surface area contributed by atoms with Crippen LogP contribution >= 0.6 is 0 Å². The third-order valence-corrected chi connectivity index (χ3v) is 3.49. The summed E-state index contributed by atoms with van der Waals surface area (Å²) < 4.78 is 5.37. The van der Waals surface area contributed by atoms with Crippen molar-refractivity contribution in [2.24, 2.45) is 0 Å². The Morgan fingerprint density at radius 2 is 1.74 bits per heavy atom. The minimum atomic E-state index is 0.356. The molecule has 0 bridgehead atoms. The van der Waals surface area contributed by atoms with Crippen LogP contribution in [0.15, 0.2) is 66.6 Å². The number of allylic oxidation sites excluding steroid dienone is 1. The lowest BCUT2D eigenvalue weighted by Crippen LogP contribution is -2.14. The molecule has 1 aliphatic heterocycles. The number of ether oxygens (including phenoxy) is 1. The van der Waals surface area contributed by atoms with Crippen molar-refractivity contribution in [3.63, 3.8) is 0 Å². The first-order valence-corrected chi connectivity index (χ1v) is 6.52. The third-order valence-electron chi connectivity index (χ3n) is 3.49. The van der Waals surface area contributed by atoms with Crippen LogP contribution in [0.3, 0.4) is 0 Å². The summed E-state index contributed by atoms with van der Waals surface area (Å²) >= 11 is 0. The Balaban J connectivity index is 1.93. The standard InChI is InChI=1S/C17H17NO/c1-19-17-12-14(11-13-7-3-2-4-8-13)15-9-5-6-10-16(15)18-17/h2-10,12,14,18H,11H2,1H3. The van der Waals surface area contributed by atoms with Crippen molar-refractivity contribution in [3.05, 3.63) is 77.7 Å². The van der Waals surface area contributed by atoms with Gasteiger partial charge in [0.15, 0.2) is 5.88 Å². The Morgan fingerprint density at radius 3 is 2.53 bits per heavy atom. The van der Waals surface area contributed by atoms with Gasteiger partial charge in [-0.1, -0.05) is 48.5 Å². The van der Waals surface area contributed by atoms with Gasteiger partial charge in [0.2, 0.25) is 0 Å². The Morgan fingerprint density at radius 1 is 1.00 bits per heavy atom. The van der Waals surface area contributed by atoms with E-state index in [4.69, 9.17) is 4.74 Å². The number of anilines is 1. The summed E-state index contributed by atoms with van der Waals surface area (Å²) in [5, 5.41) is 3.30. The summed E-state index contributed by atoms with van der Waals surface area (Å²) in [6.45, 7) is 0. The smallest absolute Gasteiger partial charge is 0.187 e. The topological polar surface area (TPSA) is 21.3 Å². The van der Waals surface area contributed by atoms with Crippen molar-refractivity contribution in [1.82, 2.24) is 0 Å². The van der Waals surface area contributed by atoms with Crippen LogP contribution in [-0.2, 0) is 11.2 Å². The fraction of sp³-hybridized carbons (Fsp3) is 0.176. The molecule has 2 heteroatoms. The third kappa shape index (κ3) is 2.48. The highest BCUT2D eigenvalue weighted by Gasteiger charge is 2.20. The van der Waals surface area contributed by atoms with Gasteiger partial charge in [0.25, 0.3) is 0 Å². The maximum absolute atomic E-state index is 5.37. The first kappa shape index (κ1) is 11.8. The zero-order valence-corrected chi connectivity index (χ0v) is 11.0. The predicted molar refractivity (Wildman–Crippen MR) is 78.0 cm³/mol. The number of para-hydroxylation sites is 1. The van der Waals surface area contributed by atoms with E-state index in [-0.39, 0.29) is 0 Å². The van der Waals surface area contributed by atoms with Crippen LogP contribution in [0.5, 0.6) is 0 Å². The van der Waals surface area contributed by atoms with E-state index in [2.05, 4.69) is 59.9 Å². The Bertz CT molecular complexity index is 589. The largest absolute Gasteiger partial charge is 0.482 e. The van der Waals surface area contributed by atoms with E-state index in [1.165, 1.54) is 11.1 Å². The molecule has 1 unspecified atom stereocenters. The number of fused-ring (bicyclic) bond motifs is 1. The SMILES string of the molecule is COC1=CC(Cc2ccccc2)c2ccccc2N1. The summed E-state index contributed by atoms with van der Waals surface area (Å²) in [5.41, 5.74) is 3.81. The highest BCUT2D eigenvalue weighted by atomic mass is 16.5. The molecule has 0 amide bonds. The fourth-order valence-electron chi connectivity index (χ4n) is 2.54. The molecule has 2 nitrogen and oxygen atoms in total. The van der Waals surface area contributed by atoms with Crippen LogP contribution in [0, 0.1) is 0 Å². The highest BCUT2D eigenvalue weighted by molar-refractivity contribution is 5.60. The van der Waals surface area contributed by atoms with Crippen LogP contribution in [0.2, 0.25) is 0 Å².